The minimum Gasteiger partial charge on any atom is -0.510 e. The second-order valence-corrected chi connectivity index (χ2v) is 2.03. The zero-order chi connectivity index (χ0) is 7.98. The average Bonchev–Trinajstić information content (AvgIpc) is 1.98. The fourth-order valence-corrected chi connectivity index (χ4v) is 0.578. The van der Waals surface area contributed by atoms with Crippen molar-refractivity contribution in [3.63, 3.8) is 0 Å². The first-order valence-electron chi connectivity index (χ1n) is 3.36. The first-order chi connectivity index (χ1) is 4.72. The summed E-state index contributed by atoms with van der Waals surface area (Å²) in [7, 11) is 0. The van der Waals surface area contributed by atoms with Gasteiger partial charge in [-0.2, -0.15) is 0 Å². The van der Waals surface area contributed by atoms with Gasteiger partial charge in [-0.1, -0.05) is 12.2 Å². The van der Waals surface area contributed by atoms with E-state index in [2.05, 4.69) is 0 Å². The Labute approximate surface area is 61.5 Å². The van der Waals surface area contributed by atoms with E-state index in [1.807, 2.05) is 19.1 Å². The van der Waals surface area contributed by atoms with E-state index in [1.54, 1.807) is 6.92 Å². The summed E-state index contributed by atoms with van der Waals surface area (Å²) < 4.78 is 0. The van der Waals surface area contributed by atoms with Crippen molar-refractivity contribution >= 4 is 0 Å². The van der Waals surface area contributed by atoms with Crippen LogP contribution in [-0.2, 0) is 0 Å². The molecule has 0 heterocycles. The Morgan fingerprint density at radius 1 is 1.50 bits per heavy atom. The van der Waals surface area contributed by atoms with Gasteiger partial charge in [-0.05, 0) is 26.3 Å². The predicted octanol–water partition coefficient (Wildman–Crippen LogP) is 1.78. The summed E-state index contributed by atoms with van der Waals surface area (Å²) in [5.41, 5.74) is 0. The van der Waals surface area contributed by atoms with Crippen molar-refractivity contribution in [3.8, 4) is 0 Å². The molecule has 0 aromatic carbocycles. The monoisotopic (exact) mass is 142 g/mol. The molecule has 0 bridgehead atoms. The molecular weight excluding hydrogens is 128 g/mol. The Bertz CT molecular complexity index is 136. The molecule has 2 heteroatoms. The van der Waals surface area contributed by atoms with Gasteiger partial charge in [0, 0.05) is 0 Å². The zero-order valence-corrected chi connectivity index (χ0v) is 6.41. The molecule has 2 nitrogen and oxygen atoms in total. The molecular formula is C8H14O2. The summed E-state index contributed by atoms with van der Waals surface area (Å²) in [6.45, 7) is 3.56. The summed E-state index contributed by atoms with van der Waals surface area (Å²) >= 11 is 0. The van der Waals surface area contributed by atoms with Crippen molar-refractivity contribution in [2.24, 2.45) is 0 Å². The van der Waals surface area contributed by atoms with Crippen molar-refractivity contribution in [2.45, 2.75) is 26.4 Å². The van der Waals surface area contributed by atoms with Gasteiger partial charge in [-0.3, -0.25) is 0 Å². The Morgan fingerprint density at radius 3 is 2.50 bits per heavy atom. The molecule has 1 unspecified atom stereocenters. The first kappa shape index (κ1) is 9.24. The Hall–Kier alpha value is -0.760. The number of aliphatic hydroxyl groups is 2. The highest BCUT2D eigenvalue weighted by atomic mass is 16.3. The Balaban J connectivity index is 3.73. The van der Waals surface area contributed by atoms with Gasteiger partial charge in [-0.25, -0.2) is 0 Å². The van der Waals surface area contributed by atoms with Crippen LogP contribution >= 0.6 is 0 Å². The van der Waals surface area contributed by atoms with E-state index < -0.39 is 6.10 Å². The van der Waals surface area contributed by atoms with Crippen LogP contribution in [0.4, 0.5) is 0 Å². The van der Waals surface area contributed by atoms with E-state index in [0.717, 1.165) is 0 Å². The molecule has 2 N–H and O–H groups in total. The van der Waals surface area contributed by atoms with E-state index in [4.69, 9.17) is 10.2 Å². The van der Waals surface area contributed by atoms with Gasteiger partial charge in [0.1, 0.15) is 11.9 Å². The quantitative estimate of drug-likeness (QED) is 0.465. The lowest BCUT2D eigenvalue weighted by Crippen LogP contribution is -2.07. The van der Waals surface area contributed by atoms with Gasteiger partial charge >= 0.3 is 0 Å². The highest BCUT2D eigenvalue weighted by Crippen LogP contribution is 2.02. The van der Waals surface area contributed by atoms with Crippen LogP contribution in [0, 0.1) is 0 Å². The second-order valence-electron chi connectivity index (χ2n) is 2.03. The largest absolute Gasteiger partial charge is 0.510 e. The lowest BCUT2D eigenvalue weighted by Gasteiger charge is -2.04. The molecule has 0 amide bonds. The van der Waals surface area contributed by atoms with Crippen molar-refractivity contribution in [2.75, 3.05) is 0 Å². The van der Waals surface area contributed by atoms with Crippen LogP contribution in [0.2, 0.25) is 0 Å². The number of rotatable bonds is 3. The SMILES string of the molecule is CC=CCC(O)C(O)=CC. The van der Waals surface area contributed by atoms with Crippen LogP contribution in [0.1, 0.15) is 20.3 Å². The molecule has 0 saturated heterocycles. The number of hydrogen-bond donors (Lipinski definition) is 2. The van der Waals surface area contributed by atoms with E-state index in [1.165, 1.54) is 6.08 Å². The molecule has 58 valence electrons. The molecule has 0 fully saturated rings. The summed E-state index contributed by atoms with van der Waals surface area (Å²) in [4.78, 5) is 0. The Kier molecular flexibility index (Phi) is 4.67. The highest BCUT2D eigenvalue weighted by Gasteiger charge is 2.04. The smallest absolute Gasteiger partial charge is 0.117 e. The van der Waals surface area contributed by atoms with Crippen molar-refractivity contribution < 1.29 is 10.2 Å². The summed E-state index contributed by atoms with van der Waals surface area (Å²) in [6.07, 6.45) is 4.89. The molecule has 0 aromatic rings. The minimum atomic E-state index is -0.735. The zero-order valence-electron chi connectivity index (χ0n) is 6.41. The third kappa shape index (κ3) is 3.30. The number of hydrogen-bond acceptors (Lipinski definition) is 2. The summed E-state index contributed by atoms with van der Waals surface area (Å²) in [6, 6.07) is 0. The van der Waals surface area contributed by atoms with Gasteiger partial charge < -0.3 is 10.2 Å². The van der Waals surface area contributed by atoms with Crippen LogP contribution in [0.5, 0.6) is 0 Å². The van der Waals surface area contributed by atoms with E-state index in [-0.39, 0.29) is 5.76 Å². The molecule has 0 aliphatic carbocycles. The summed E-state index contributed by atoms with van der Waals surface area (Å²) in [5, 5.41) is 18.0. The van der Waals surface area contributed by atoms with Gasteiger partial charge in [0.15, 0.2) is 0 Å². The first-order valence-corrected chi connectivity index (χ1v) is 3.36. The third-order valence-corrected chi connectivity index (χ3v) is 1.23. The van der Waals surface area contributed by atoms with E-state index in [0.29, 0.717) is 6.42 Å². The van der Waals surface area contributed by atoms with Crippen LogP contribution in [-0.4, -0.2) is 16.3 Å². The minimum absolute atomic E-state index is 0.0399. The topological polar surface area (TPSA) is 40.5 Å². The number of allylic oxidation sites excluding steroid dienone is 2. The van der Waals surface area contributed by atoms with Gasteiger partial charge in [0.2, 0.25) is 0 Å². The molecule has 0 rings (SSSR count). The molecule has 0 aliphatic rings. The molecule has 1 atom stereocenters. The van der Waals surface area contributed by atoms with Gasteiger partial charge in [-0.15, -0.1) is 0 Å². The normalized spacial score (nSPS) is 16.1. The van der Waals surface area contributed by atoms with Gasteiger partial charge in [0.05, 0.1) is 0 Å². The van der Waals surface area contributed by atoms with E-state index in [9.17, 15) is 0 Å². The lowest BCUT2D eigenvalue weighted by atomic mass is 10.2. The van der Waals surface area contributed by atoms with Crippen LogP contribution < -0.4 is 0 Å². The lowest BCUT2D eigenvalue weighted by molar-refractivity contribution is 0.155. The standard InChI is InChI=1S/C8H14O2/c1-3-5-6-8(10)7(9)4-2/h3-5,8-10H,6H2,1-2H3. The fourth-order valence-electron chi connectivity index (χ4n) is 0.578. The molecule has 0 aliphatic heterocycles. The highest BCUT2D eigenvalue weighted by molar-refractivity contribution is 4.98. The molecule has 10 heavy (non-hydrogen) atoms. The predicted molar refractivity (Wildman–Crippen MR) is 41.8 cm³/mol. The second kappa shape index (κ2) is 5.06. The molecule has 0 saturated carbocycles. The van der Waals surface area contributed by atoms with Crippen molar-refractivity contribution in [1.82, 2.24) is 0 Å². The average molecular weight is 142 g/mol. The number of aliphatic hydroxyl groups excluding tert-OH is 2. The maximum absolute atomic E-state index is 9.08. The maximum atomic E-state index is 9.08. The fraction of sp³-hybridized carbons (Fsp3) is 0.500. The van der Waals surface area contributed by atoms with Crippen LogP contribution in [0.15, 0.2) is 24.0 Å². The Morgan fingerprint density at radius 2 is 2.10 bits per heavy atom. The van der Waals surface area contributed by atoms with Crippen LogP contribution in [0.25, 0.3) is 0 Å². The van der Waals surface area contributed by atoms with Gasteiger partial charge in [0.25, 0.3) is 0 Å². The van der Waals surface area contributed by atoms with Crippen molar-refractivity contribution in [1.29, 1.82) is 0 Å². The summed E-state index contributed by atoms with van der Waals surface area (Å²) in [5.74, 6) is 0.0399. The molecule has 0 aromatic heterocycles. The maximum Gasteiger partial charge on any atom is 0.117 e. The molecule has 0 radical (unpaired) electrons. The van der Waals surface area contributed by atoms with E-state index >= 15 is 0 Å². The molecule has 0 spiro atoms. The third-order valence-electron chi connectivity index (χ3n) is 1.23. The van der Waals surface area contributed by atoms with Crippen LogP contribution in [0.3, 0.4) is 0 Å². The van der Waals surface area contributed by atoms with Crippen molar-refractivity contribution in [3.05, 3.63) is 24.0 Å².